The average Bonchev–Trinajstić information content (AvgIpc) is 2.37. The summed E-state index contributed by atoms with van der Waals surface area (Å²) >= 11 is 0. The summed E-state index contributed by atoms with van der Waals surface area (Å²) in [5.74, 6) is -3.65. The van der Waals surface area contributed by atoms with E-state index in [0.29, 0.717) is 11.1 Å². The van der Waals surface area contributed by atoms with Crippen molar-refractivity contribution in [1.82, 2.24) is 5.32 Å². The lowest BCUT2D eigenvalue weighted by atomic mass is 10.1. The van der Waals surface area contributed by atoms with Crippen LogP contribution in [0, 0.1) is 0 Å². The van der Waals surface area contributed by atoms with Gasteiger partial charge in [-0.15, -0.1) is 12.4 Å². The van der Waals surface area contributed by atoms with E-state index >= 15 is 0 Å². The van der Waals surface area contributed by atoms with Crippen LogP contribution in [-0.2, 0) is 11.3 Å². The molecule has 19 heavy (non-hydrogen) atoms. The monoisotopic (exact) mass is 294 g/mol. The minimum Gasteiger partial charge on any atom is -0.380 e. The van der Waals surface area contributed by atoms with Crippen LogP contribution in [0.4, 0.5) is 8.78 Å². The Bertz CT molecular complexity index is 416. The smallest absolute Gasteiger partial charge is 0.277 e. The van der Waals surface area contributed by atoms with Crippen molar-refractivity contribution in [3.05, 3.63) is 35.4 Å². The third-order valence-corrected chi connectivity index (χ3v) is 2.37. The zero-order valence-corrected chi connectivity index (χ0v) is 11.3. The number of alkyl halides is 2. The first-order valence-electron chi connectivity index (χ1n) is 5.43. The molecule has 0 spiro atoms. The number of ether oxygens (including phenoxy) is 1. The van der Waals surface area contributed by atoms with Gasteiger partial charge in [-0.2, -0.15) is 0 Å². The van der Waals surface area contributed by atoms with Gasteiger partial charge in [0.05, 0.1) is 19.7 Å². The maximum Gasteiger partial charge on any atom is 0.277 e. The number of rotatable bonds is 6. The van der Waals surface area contributed by atoms with E-state index in [0.717, 1.165) is 0 Å². The van der Waals surface area contributed by atoms with Gasteiger partial charge in [-0.05, 0) is 11.6 Å². The Labute approximate surface area is 116 Å². The summed E-state index contributed by atoms with van der Waals surface area (Å²) in [5.41, 5.74) is 5.86. The van der Waals surface area contributed by atoms with Gasteiger partial charge < -0.3 is 15.8 Å². The molecule has 3 N–H and O–H groups in total. The standard InChI is InChI=1S/C12H16F2N2O2.ClH/c1-18-6-9-4-2-3-5-10(9)11(17)16-8-12(13,14)7-15;/h2-5H,6-8,15H2,1H3,(H,16,17);1H. The van der Waals surface area contributed by atoms with E-state index in [1.54, 1.807) is 24.3 Å². The fourth-order valence-electron chi connectivity index (χ4n) is 1.40. The maximum atomic E-state index is 12.9. The van der Waals surface area contributed by atoms with Crippen molar-refractivity contribution in [3.63, 3.8) is 0 Å². The lowest BCUT2D eigenvalue weighted by Crippen LogP contribution is -2.41. The third-order valence-electron chi connectivity index (χ3n) is 2.37. The Morgan fingerprint density at radius 2 is 2.05 bits per heavy atom. The molecule has 0 fully saturated rings. The van der Waals surface area contributed by atoms with E-state index in [2.05, 4.69) is 5.32 Å². The molecule has 0 saturated heterocycles. The van der Waals surface area contributed by atoms with E-state index < -0.39 is 24.9 Å². The molecular weight excluding hydrogens is 278 g/mol. The van der Waals surface area contributed by atoms with E-state index in [4.69, 9.17) is 10.5 Å². The summed E-state index contributed by atoms with van der Waals surface area (Å²) in [4.78, 5) is 11.8. The van der Waals surface area contributed by atoms with Crippen LogP contribution < -0.4 is 11.1 Å². The molecule has 1 aromatic carbocycles. The molecule has 1 amide bonds. The van der Waals surface area contributed by atoms with Crippen LogP contribution in [0.15, 0.2) is 24.3 Å². The molecule has 0 unspecified atom stereocenters. The molecule has 0 aliphatic rings. The van der Waals surface area contributed by atoms with Crippen LogP contribution in [0.1, 0.15) is 15.9 Å². The highest BCUT2D eigenvalue weighted by Crippen LogP contribution is 2.12. The van der Waals surface area contributed by atoms with Gasteiger partial charge in [0.2, 0.25) is 0 Å². The van der Waals surface area contributed by atoms with Crippen LogP contribution in [0.25, 0.3) is 0 Å². The highest BCUT2D eigenvalue weighted by atomic mass is 35.5. The zero-order chi connectivity index (χ0) is 13.6. The second-order valence-corrected chi connectivity index (χ2v) is 3.83. The van der Waals surface area contributed by atoms with Gasteiger partial charge in [-0.1, -0.05) is 18.2 Å². The van der Waals surface area contributed by atoms with E-state index in [-0.39, 0.29) is 19.0 Å². The van der Waals surface area contributed by atoms with Gasteiger partial charge in [-0.3, -0.25) is 4.79 Å². The number of benzene rings is 1. The first kappa shape index (κ1) is 17.8. The lowest BCUT2D eigenvalue weighted by Gasteiger charge is -2.15. The Morgan fingerprint density at radius 3 is 2.63 bits per heavy atom. The van der Waals surface area contributed by atoms with Crippen molar-refractivity contribution in [2.24, 2.45) is 5.73 Å². The van der Waals surface area contributed by atoms with Crippen LogP contribution >= 0.6 is 12.4 Å². The number of methoxy groups -OCH3 is 1. The number of hydrogen-bond donors (Lipinski definition) is 2. The predicted octanol–water partition coefficient (Wildman–Crippen LogP) is 1.58. The minimum absolute atomic E-state index is 0. The number of nitrogens with one attached hydrogen (secondary N) is 1. The molecule has 0 radical (unpaired) electrons. The fraction of sp³-hybridized carbons (Fsp3) is 0.417. The predicted molar refractivity (Wildman–Crippen MR) is 70.7 cm³/mol. The molecule has 108 valence electrons. The van der Waals surface area contributed by atoms with Crippen molar-refractivity contribution in [1.29, 1.82) is 0 Å². The van der Waals surface area contributed by atoms with Crippen LogP contribution in [0.2, 0.25) is 0 Å². The normalized spacial score (nSPS) is 10.7. The molecule has 7 heteroatoms. The molecule has 0 heterocycles. The number of halogens is 3. The molecule has 0 bridgehead atoms. The van der Waals surface area contributed by atoms with Crippen molar-refractivity contribution in [3.8, 4) is 0 Å². The topological polar surface area (TPSA) is 64.3 Å². The fourth-order valence-corrected chi connectivity index (χ4v) is 1.40. The Kier molecular flexibility index (Phi) is 7.51. The SMILES string of the molecule is COCc1ccccc1C(=O)NCC(F)(F)CN.Cl. The summed E-state index contributed by atoms with van der Waals surface area (Å²) < 4.78 is 30.8. The van der Waals surface area contributed by atoms with Crippen LogP contribution in [0.3, 0.4) is 0 Å². The number of carbonyl (C=O) groups is 1. The first-order chi connectivity index (χ1) is 8.50. The molecule has 4 nitrogen and oxygen atoms in total. The zero-order valence-electron chi connectivity index (χ0n) is 10.5. The molecule has 0 aromatic heterocycles. The summed E-state index contributed by atoms with van der Waals surface area (Å²) in [7, 11) is 1.50. The summed E-state index contributed by atoms with van der Waals surface area (Å²) in [6, 6.07) is 6.68. The Balaban J connectivity index is 0.00000324. The van der Waals surface area contributed by atoms with Gasteiger partial charge in [-0.25, -0.2) is 8.78 Å². The van der Waals surface area contributed by atoms with Gasteiger partial charge in [0.15, 0.2) is 0 Å². The van der Waals surface area contributed by atoms with Crippen molar-refractivity contribution >= 4 is 18.3 Å². The molecule has 1 aromatic rings. The third kappa shape index (κ3) is 5.50. The van der Waals surface area contributed by atoms with Gasteiger partial charge in [0.1, 0.15) is 0 Å². The molecule has 0 aliphatic heterocycles. The molecule has 0 aliphatic carbocycles. The summed E-state index contributed by atoms with van der Waals surface area (Å²) in [6.07, 6.45) is 0. The van der Waals surface area contributed by atoms with Crippen molar-refractivity contribution < 1.29 is 18.3 Å². The highest BCUT2D eigenvalue weighted by molar-refractivity contribution is 5.95. The average molecular weight is 295 g/mol. The number of hydrogen-bond acceptors (Lipinski definition) is 3. The minimum atomic E-state index is -3.09. The van der Waals surface area contributed by atoms with Gasteiger partial charge in [0, 0.05) is 12.7 Å². The molecule has 1 rings (SSSR count). The largest absolute Gasteiger partial charge is 0.380 e. The number of nitrogens with two attached hydrogens (primary N) is 1. The van der Waals surface area contributed by atoms with Crippen molar-refractivity contribution in [2.45, 2.75) is 12.5 Å². The summed E-state index contributed by atoms with van der Waals surface area (Å²) in [6.45, 7) is -1.33. The number of amides is 1. The lowest BCUT2D eigenvalue weighted by molar-refractivity contribution is 0.0118. The van der Waals surface area contributed by atoms with Crippen LogP contribution in [-0.4, -0.2) is 32.0 Å². The molecule has 0 saturated carbocycles. The molecular formula is C12H17ClF2N2O2. The quantitative estimate of drug-likeness (QED) is 0.837. The van der Waals surface area contributed by atoms with E-state index in [1.807, 2.05) is 0 Å². The first-order valence-corrected chi connectivity index (χ1v) is 5.43. The Hall–Kier alpha value is -1.24. The van der Waals surface area contributed by atoms with Crippen LogP contribution in [0.5, 0.6) is 0 Å². The maximum absolute atomic E-state index is 12.9. The second kappa shape index (κ2) is 8.04. The molecule has 0 atom stereocenters. The van der Waals surface area contributed by atoms with E-state index in [1.165, 1.54) is 7.11 Å². The summed E-state index contributed by atoms with van der Waals surface area (Å²) in [5, 5.41) is 2.16. The Morgan fingerprint density at radius 1 is 1.42 bits per heavy atom. The van der Waals surface area contributed by atoms with Gasteiger partial charge in [0.25, 0.3) is 11.8 Å². The van der Waals surface area contributed by atoms with Gasteiger partial charge >= 0.3 is 0 Å². The second-order valence-electron chi connectivity index (χ2n) is 3.83. The highest BCUT2D eigenvalue weighted by Gasteiger charge is 2.27. The van der Waals surface area contributed by atoms with E-state index in [9.17, 15) is 13.6 Å². The van der Waals surface area contributed by atoms with Crippen molar-refractivity contribution in [2.75, 3.05) is 20.2 Å². The number of carbonyl (C=O) groups excluding carboxylic acids is 1.